The molecule has 1 heterocycles. The van der Waals surface area contributed by atoms with Crippen molar-refractivity contribution in [2.75, 3.05) is 11.1 Å². The number of amides is 1. The van der Waals surface area contributed by atoms with Gasteiger partial charge in [-0.05, 0) is 31.2 Å². The van der Waals surface area contributed by atoms with E-state index in [0.717, 1.165) is 16.8 Å². The van der Waals surface area contributed by atoms with Crippen LogP contribution in [0.15, 0.2) is 78.0 Å². The number of nitro groups is 1. The largest absolute Gasteiger partial charge is 0.324 e. The molecule has 0 radical (unpaired) electrons. The Morgan fingerprint density at radius 2 is 1.88 bits per heavy atom. The lowest BCUT2D eigenvalue weighted by Gasteiger charge is -2.11. The molecule has 0 fully saturated rings. The van der Waals surface area contributed by atoms with Crippen molar-refractivity contribution >= 4 is 40.6 Å². The lowest BCUT2D eigenvalue weighted by molar-refractivity contribution is -0.384. The number of rotatable bonds is 7. The number of hydrogen-bond acceptors (Lipinski definition) is 6. The number of aromatic nitrogens is 3. The number of nitro benzene ring substituents is 1. The predicted molar refractivity (Wildman–Crippen MR) is 129 cm³/mol. The van der Waals surface area contributed by atoms with Crippen LogP contribution in [0.2, 0.25) is 5.02 Å². The molecule has 0 aliphatic heterocycles. The molecule has 4 rings (SSSR count). The third-order valence-electron chi connectivity index (χ3n) is 4.69. The van der Waals surface area contributed by atoms with Crippen LogP contribution in [0.4, 0.5) is 11.4 Å². The molecule has 166 valence electrons. The van der Waals surface area contributed by atoms with Crippen LogP contribution in [0.3, 0.4) is 0 Å². The summed E-state index contributed by atoms with van der Waals surface area (Å²) in [5, 5.41) is 23.1. The molecule has 1 amide bonds. The average molecular weight is 480 g/mol. The maximum atomic E-state index is 12.6. The Bertz CT molecular complexity index is 1330. The van der Waals surface area contributed by atoms with Gasteiger partial charge >= 0.3 is 0 Å². The Balaban J connectivity index is 1.58. The van der Waals surface area contributed by atoms with E-state index in [-0.39, 0.29) is 28.1 Å². The Morgan fingerprint density at radius 1 is 1.09 bits per heavy atom. The Hall–Kier alpha value is -3.69. The van der Waals surface area contributed by atoms with Gasteiger partial charge in [0.1, 0.15) is 0 Å². The van der Waals surface area contributed by atoms with Gasteiger partial charge in [-0.15, -0.1) is 10.2 Å². The minimum absolute atomic E-state index is 0.0117. The second kappa shape index (κ2) is 9.85. The van der Waals surface area contributed by atoms with Crippen molar-refractivity contribution in [1.82, 2.24) is 14.8 Å². The second-order valence-corrected chi connectivity index (χ2v) is 8.45. The summed E-state index contributed by atoms with van der Waals surface area (Å²) in [6.45, 7) is 2.01. The highest BCUT2D eigenvalue weighted by molar-refractivity contribution is 7.99. The number of anilines is 1. The Kier molecular flexibility index (Phi) is 6.71. The molecule has 1 aromatic heterocycles. The standard InChI is InChI=1S/C23H18ClN5O3S/c1-15-6-5-7-16(12-15)22-26-27-23(28(22)17-8-3-2-4-9-17)33-14-21(30)25-20-13-18(29(31)32)10-11-19(20)24/h2-13H,14H2,1H3,(H,25,30). The van der Waals surface area contributed by atoms with Crippen LogP contribution in [0, 0.1) is 17.0 Å². The van der Waals surface area contributed by atoms with Gasteiger partial charge < -0.3 is 5.32 Å². The first-order valence-electron chi connectivity index (χ1n) is 9.87. The fraction of sp³-hybridized carbons (Fsp3) is 0.0870. The van der Waals surface area contributed by atoms with Crippen molar-refractivity contribution in [1.29, 1.82) is 0 Å². The van der Waals surface area contributed by atoms with Crippen molar-refractivity contribution in [2.45, 2.75) is 12.1 Å². The summed E-state index contributed by atoms with van der Waals surface area (Å²) >= 11 is 7.29. The summed E-state index contributed by atoms with van der Waals surface area (Å²) in [4.78, 5) is 23.0. The molecule has 10 heteroatoms. The third kappa shape index (κ3) is 5.21. The number of halogens is 1. The van der Waals surface area contributed by atoms with Gasteiger partial charge in [0.25, 0.3) is 5.69 Å². The summed E-state index contributed by atoms with van der Waals surface area (Å²) in [5.41, 5.74) is 2.89. The van der Waals surface area contributed by atoms with Crippen molar-refractivity contribution in [3.05, 3.63) is 93.5 Å². The molecular formula is C23H18ClN5O3S. The molecule has 0 saturated carbocycles. The number of thioether (sulfide) groups is 1. The van der Waals surface area contributed by atoms with Gasteiger partial charge in [0.15, 0.2) is 11.0 Å². The SMILES string of the molecule is Cc1cccc(-c2nnc(SCC(=O)Nc3cc([N+](=O)[O-])ccc3Cl)n2-c2ccccc2)c1. The number of carbonyl (C=O) groups is 1. The van der Waals surface area contributed by atoms with Gasteiger partial charge in [0, 0.05) is 23.4 Å². The van der Waals surface area contributed by atoms with Crippen LogP contribution in [-0.4, -0.2) is 31.3 Å². The molecule has 0 aliphatic carbocycles. The summed E-state index contributed by atoms with van der Waals surface area (Å²) in [6, 6.07) is 21.5. The first-order chi connectivity index (χ1) is 15.9. The summed E-state index contributed by atoms with van der Waals surface area (Å²) in [5.74, 6) is 0.300. The Morgan fingerprint density at radius 3 is 2.61 bits per heavy atom. The molecule has 0 bridgehead atoms. The molecule has 3 aromatic carbocycles. The molecule has 4 aromatic rings. The molecule has 0 saturated heterocycles. The molecular weight excluding hydrogens is 462 g/mol. The zero-order valence-corrected chi connectivity index (χ0v) is 19.0. The zero-order valence-electron chi connectivity index (χ0n) is 17.4. The topological polar surface area (TPSA) is 103 Å². The van der Waals surface area contributed by atoms with E-state index in [2.05, 4.69) is 15.5 Å². The van der Waals surface area contributed by atoms with E-state index < -0.39 is 4.92 Å². The first kappa shape index (κ1) is 22.5. The zero-order chi connectivity index (χ0) is 23.4. The minimum atomic E-state index is -0.546. The van der Waals surface area contributed by atoms with E-state index in [1.807, 2.05) is 66.1 Å². The smallest absolute Gasteiger partial charge is 0.271 e. The van der Waals surface area contributed by atoms with Gasteiger partial charge in [0.05, 0.1) is 21.4 Å². The summed E-state index contributed by atoms with van der Waals surface area (Å²) in [7, 11) is 0. The minimum Gasteiger partial charge on any atom is -0.324 e. The quantitative estimate of drug-likeness (QED) is 0.212. The van der Waals surface area contributed by atoms with Gasteiger partial charge in [-0.25, -0.2) is 0 Å². The number of para-hydroxylation sites is 1. The van der Waals surface area contributed by atoms with Crippen LogP contribution in [0.25, 0.3) is 17.1 Å². The van der Waals surface area contributed by atoms with Crippen LogP contribution < -0.4 is 5.32 Å². The van der Waals surface area contributed by atoms with E-state index in [9.17, 15) is 14.9 Å². The highest BCUT2D eigenvalue weighted by Crippen LogP contribution is 2.30. The number of benzene rings is 3. The van der Waals surface area contributed by atoms with Gasteiger partial charge in [-0.2, -0.15) is 0 Å². The van der Waals surface area contributed by atoms with E-state index in [1.54, 1.807) is 0 Å². The summed E-state index contributed by atoms with van der Waals surface area (Å²) in [6.07, 6.45) is 0. The molecule has 0 unspecified atom stereocenters. The second-order valence-electron chi connectivity index (χ2n) is 7.10. The molecule has 33 heavy (non-hydrogen) atoms. The number of nitrogens with one attached hydrogen (secondary N) is 1. The van der Waals surface area contributed by atoms with E-state index in [4.69, 9.17) is 11.6 Å². The van der Waals surface area contributed by atoms with Crippen LogP contribution in [-0.2, 0) is 4.79 Å². The highest BCUT2D eigenvalue weighted by atomic mass is 35.5. The highest BCUT2D eigenvalue weighted by Gasteiger charge is 2.18. The number of nitrogens with zero attached hydrogens (tertiary/aromatic N) is 4. The normalized spacial score (nSPS) is 10.7. The fourth-order valence-corrected chi connectivity index (χ4v) is 4.10. The molecule has 0 atom stereocenters. The number of aryl methyl sites for hydroxylation is 1. The lowest BCUT2D eigenvalue weighted by Crippen LogP contribution is -2.15. The van der Waals surface area contributed by atoms with Crippen LogP contribution in [0.1, 0.15) is 5.56 Å². The van der Waals surface area contributed by atoms with E-state index >= 15 is 0 Å². The van der Waals surface area contributed by atoms with E-state index in [0.29, 0.717) is 11.0 Å². The van der Waals surface area contributed by atoms with Gasteiger partial charge in [0.2, 0.25) is 5.91 Å². The Labute approximate surface area is 198 Å². The van der Waals surface area contributed by atoms with Crippen molar-refractivity contribution in [3.63, 3.8) is 0 Å². The third-order valence-corrected chi connectivity index (χ3v) is 5.95. The number of hydrogen-bond donors (Lipinski definition) is 1. The van der Waals surface area contributed by atoms with Crippen molar-refractivity contribution in [3.8, 4) is 17.1 Å². The van der Waals surface area contributed by atoms with Crippen LogP contribution in [0.5, 0.6) is 0 Å². The molecule has 0 spiro atoms. The molecule has 0 aliphatic rings. The first-order valence-corrected chi connectivity index (χ1v) is 11.2. The van der Waals surface area contributed by atoms with Crippen LogP contribution >= 0.6 is 23.4 Å². The number of non-ortho nitro benzene ring substituents is 1. The number of carbonyl (C=O) groups excluding carboxylic acids is 1. The monoisotopic (exact) mass is 479 g/mol. The fourth-order valence-electron chi connectivity index (χ4n) is 3.18. The maximum absolute atomic E-state index is 12.6. The van der Waals surface area contributed by atoms with Crippen molar-refractivity contribution < 1.29 is 9.72 Å². The van der Waals surface area contributed by atoms with Gasteiger partial charge in [-0.3, -0.25) is 19.5 Å². The van der Waals surface area contributed by atoms with Gasteiger partial charge in [-0.1, -0.05) is 65.3 Å². The van der Waals surface area contributed by atoms with Crippen molar-refractivity contribution in [2.24, 2.45) is 0 Å². The maximum Gasteiger partial charge on any atom is 0.271 e. The molecule has 1 N–H and O–H groups in total. The molecule has 8 nitrogen and oxygen atoms in total. The van der Waals surface area contributed by atoms with E-state index in [1.165, 1.54) is 30.0 Å². The summed E-state index contributed by atoms with van der Waals surface area (Å²) < 4.78 is 1.90. The predicted octanol–water partition coefficient (Wildman–Crippen LogP) is 5.54. The lowest BCUT2D eigenvalue weighted by atomic mass is 10.1. The average Bonchev–Trinajstić information content (AvgIpc) is 3.23.